The first-order valence-corrected chi connectivity index (χ1v) is 10.8. The van der Waals surface area contributed by atoms with Gasteiger partial charge in [0.1, 0.15) is 16.4 Å². The fourth-order valence-corrected chi connectivity index (χ4v) is 5.32. The maximum absolute atomic E-state index is 13.0. The van der Waals surface area contributed by atoms with E-state index in [2.05, 4.69) is 15.9 Å². The maximum Gasteiger partial charge on any atom is 0.266 e. The number of para-hydroxylation sites is 1. The summed E-state index contributed by atoms with van der Waals surface area (Å²) in [7, 11) is -0.834. The summed E-state index contributed by atoms with van der Waals surface area (Å²) in [6, 6.07) is 12.4. The Labute approximate surface area is 168 Å². The van der Waals surface area contributed by atoms with Crippen molar-refractivity contribution < 1.29 is 22.4 Å². The minimum Gasteiger partial charge on any atom is -0.497 e. The molecule has 0 bridgehead atoms. The van der Waals surface area contributed by atoms with Gasteiger partial charge in [0.15, 0.2) is 11.6 Å². The van der Waals surface area contributed by atoms with Crippen LogP contribution in [0, 0.1) is 0 Å². The summed E-state index contributed by atoms with van der Waals surface area (Å²) in [5.41, 5.74) is 2.92. The Kier molecular flexibility index (Phi) is 3.89. The van der Waals surface area contributed by atoms with Crippen LogP contribution in [0.1, 0.15) is 24.0 Å². The standard InChI is InChI=1S/C21H20N2O5S/c1-26-13-7-8-16-14(11-13)19-15(12-21(16)9-10-21)20(22-28-19)23-29(24,25)18-6-4-3-5-17(18)27-2/h3-8,11H,9-10,12H2,1-2H3,(H,22,23). The molecular weight excluding hydrogens is 392 g/mol. The second-order valence-corrected chi connectivity index (χ2v) is 9.11. The van der Waals surface area contributed by atoms with Crippen LogP contribution in [0.5, 0.6) is 11.5 Å². The highest BCUT2D eigenvalue weighted by Gasteiger charge is 2.50. The number of benzene rings is 2. The minimum atomic E-state index is -3.89. The third-order valence-electron chi connectivity index (χ3n) is 5.79. The molecule has 150 valence electrons. The molecule has 0 amide bonds. The fraction of sp³-hybridized carbons (Fsp3) is 0.286. The van der Waals surface area contributed by atoms with Gasteiger partial charge in [-0.15, -0.1) is 0 Å². The molecule has 29 heavy (non-hydrogen) atoms. The zero-order valence-corrected chi connectivity index (χ0v) is 16.9. The molecule has 1 heterocycles. The van der Waals surface area contributed by atoms with Gasteiger partial charge in [-0.3, -0.25) is 4.72 Å². The smallest absolute Gasteiger partial charge is 0.266 e. The molecular formula is C21H20N2O5S. The van der Waals surface area contributed by atoms with Gasteiger partial charge < -0.3 is 14.0 Å². The number of rotatable bonds is 5. The molecule has 0 radical (unpaired) electrons. The number of ether oxygens (including phenoxy) is 2. The van der Waals surface area contributed by atoms with Crippen molar-refractivity contribution in [2.45, 2.75) is 29.6 Å². The van der Waals surface area contributed by atoms with Gasteiger partial charge in [-0.2, -0.15) is 0 Å². The number of fused-ring (bicyclic) bond motifs is 4. The van der Waals surface area contributed by atoms with Crippen LogP contribution in [0.15, 0.2) is 51.9 Å². The van der Waals surface area contributed by atoms with E-state index >= 15 is 0 Å². The molecule has 2 aliphatic rings. The topological polar surface area (TPSA) is 90.7 Å². The van der Waals surface area contributed by atoms with E-state index in [0.717, 1.165) is 29.7 Å². The van der Waals surface area contributed by atoms with Crippen LogP contribution in [0.2, 0.25) is 0 Å². The lowest BCUT2D eigenvalue weighted by Gasteiger charge is -2.24. The molecule has 3 aromatic rings. The molecule has 1 saturated carbocycles. The first-order chi connectivity index (χ1) is 14.0. The largest absolute Gasteiger partial charge is 0.497 e. The lowest BCUT2D eigenvalue weighted by atomic mass is 9.79. The van der Waals surface area contributed by atoms with Crippen molar-refractivity contribution in [3.63, 3.8) is 0 Å². The Hall–Kier alpha value is -3.00. The van der Waals surface area contributed by atoms with E-state index in [9.17, 15) is 8.42 Å². The SMILES string of the molecule is COc1ccc2c(c1)-c1onc(NS(=O)(=O)c3ccccc3OC)c1CC21CC1. The van der Waals surface area contributed by atoms with Crippen LogP contribution in [0.4, 0.5) is 5.82 Å². The van der Waals surface area contributed by atoms with E-state index < -0.39 is 10.0 Å². The van der Waals surface area contributed by atoms with Crippen LogP contribution in [-0.2, 0) is 21.9 Å². The van der Waals surface area contributed by atoms with Crippen LogP contribution >= 0.6 is 0 Å². The molecule has 1 aromatic heterocycles. The summed E-state index contributed by atoms with van der Waals surface area (Å²) in [5.74, 6) is 1.81. The molecule has 0 atom stereocenters. The molecule has 2 aromatic carbocycles. The lowest BCUT2D eigenvalue weighted by Crippen LogP contribution is -2.20. The quantitative estimate of drug-likeness (QED) is 0.686. The number of sulfonamides is 1. The van der Waals surface area contributed by atoms with Gasteiger partial charge in [0.05, 0.1) is 14.2 Å². The van der Waals surface area contributed by atoms with Crippen LogP contribution in [0.3, 0.4) is 0 Å². The van der Waals surface area contributed by atoms with Crippen molar-refractivity contribution >= 4 is 15.8 Å². The number of aromatic nitrogens is 1. The van der Waals surface area contributed by atoms with Crippen molar-refractivity contribution in [2.24, 2.45) is 0 Å². The monoisotopic (exact) mass is 412 g/mol. The first-order valence-electron chi connectivity index (χ1n) is 9.31. The Balaban J connectivity index is 1.58. The molecule has 1 N–H and O–H groups in total. The molecule has 1 fully saturated rings. The third kappa shape index (κ3) is 2.78. The minimum absolute atomic E-state index is 0.0186. The zero-order chi connectivity index (χ0) is 20.2. The molecule has 7 nitrogen and oxygen atoms in total. The highest BCUT2D eigenvalue weighted by Crippen LogP contribution is 2.58. The van der Waals surface area contributed by atoms with Gasteiger partial charge in [-0.25, -0.2) is 8.42 Å². The summed E-state index contributed by atoms with van der Waals surface area (Å²) in [4.78, 5) is 0.0539. The maximum atomic E-state index is 13.0. The summed E-state index contributed by atoms with van der Waals surface area (Å²) < 4.78 is 44.8. The van der Waals surface area contributed by atoms with E-state index in [0.29, 0.717) is 12.2 Å². The summed E-state index contributed by atoms with van der Waals surface area (Å²) >= 11 is 0. The van der Waals surface area contributed by atoms with Crippen molar-refractivity contribution in [1.29, 1.82) is 0 Å². The predicted molar refractivity (Wildman–Crippen MR) is 107 cm³/mol. The van der Waals surface area contributed by atoms with Crippen molar-refractivity contribution in [3.8, 4) is 22.8 Å². The third-order valence-corrected chi connectivity index (χ3v) is 7.17. The zero-order valence-electron chi connectivity index (χ0n) is 16.1. The summed E-state index contributed by atoms with van der Waals surface area (Å²) in [6.07, 6.45) is 2.79. The van der Waals surface area contributed by atoms with Crippen molar-refractivity contribution in [2.75, 3.05) is 18.9 Å². The van der Waals surface area contributed by atoms with E-state index in [4.69, 9.17) is 14.0 Å². The van der Waals surface area contributed by atoms with Gasteiger partial charge >= 0.3 is 0 Å². The van der Waals surface area contributed by atoms with Crippen LogP contribution in [0.25, 0.3) is 11.3 Å². The Morgan fingerprint density at radius 1 is 1.10 bits per heavy atom. The number of hydrogen-bond acceptors (Lipinski definition) is 6. The Morgan fingerprint density at radius 3 is 2.62 bits per heavy atom. The van der Waals surface area contributed by atoms with Gasteiger partial charge in [0, 0.05) is 16.5 Å². The van der Waals surface area contributed by atoms with E-state index in [1.807, 2.05) is 12.1 Å². The lowest BCUT2D eigenvalue weighted by molar-refractivity contribution is 0.403. The molecule has 0 saturated heterocycles. The average Bonchev–Trinajstić information content (AvgIpc) is 3.40. The number of hydrogen-bond donors (Lipinski definition) is 1. The Morgan fingerprint density at radius 2 is 1.90 bits per heavy atom. The molecule has 1 spiro atoms. The highest BCUT2D eigenvalue weighted by atomic mass is 32.2. The molecule has 8 heteroatoms. The van der Waals surface area contributed by atoms with Gasteiger partial charge in [0.2, 0.25) is 0 Å². The van der Waals surface area contributed by atoms with Crippen LogP contribution < -0.4 is 14.2 Å². The van der Waals surface area contributed by atoms with E-state index in [-0.39, 0.29) is 21.9 Å². The highest BCUT2D eigenvalue weighted by molar-refractivity contribution is 7.92. The van der Waals surface area contributed by atoms with Gasteiger partial charge in [-0.1, -0.05) is 23.4 Å². The molecule has 5 rings (SSSR count). The predicted octanol–water partition coefficient (Wildman–Crippen LogP) is 3.75. The first kappa shape index (κ1) is 18.1. The van der Waals surface area contributed by atoms with Crippen molar-refractivity contribution in [3.05, 3.63) is 53.6 Å². The van der Waals surface area contributed by atoms with Crippen LogP contribution in [-0.4, -0.2) is 27.8 Å². The van der Waals surface area contributed by atoms with E-state index in [1.165, 1.54) is 18.7 Å². The number of methoxy groups -OCH3 is 2. The Bertz CT molecular complexity index is 1210. The van der Waals surface area contributed by atoms with Crippen molar-refractivity contribution in [1.82, 2.24) is 5.16 Å². The van der Waals surface area contributed by atoms with Gasteiger partial charge in [-0.05, 0) is 49.1 Å². The normalized spacial score (nSPS) is 16.1. The fourth-order valence-electron chi connectivity index (χ4n) is 4.12. The second-order valence-electron chi connectivity index (χ2n) is 7.46. The van der Waals surface area contributed by atoms with Gasteiger partial charge in [0.25, 0.3) is 10.0 Å². The molecule has 0 aliphatic heterocycles. The molecule has 0 unspecified atom stereocenters. The summed E-state index contributed by atoms with van der Waals surface area (Å²) in [5, 5.41) is 4.06. The van der Waals surface area contributed by atoms with E-state index in [1.54, 1.807) is 25.3 Å². The average molecular weight is 412 g/mol. The number of nitrogens with one attached hydrogen (secondary N) is 1. The molecule has 2 aliphatic carbocycles. The summed E-state index contributed by atoms with van der Waals surface area (Å²) in [6.45, 7) is 0. The number of nitrogens with zero attached hydrogens (tertiary/aromatic N) is 1. The number of anilines is 1. The second kappa shape index (κ2) is 6.25.